The molecular weight excluding hydrogens is 284 g/mol. The number of hydrogen-bond donors (Lipinski definition) is 2. The third-order valence-corrected chi connectivity index (χ3v) is 3.03. The van der Waals surface area contributed by atoms with Crippen LogP contribution in [0.25, 0.3) is 0 Å². The van der Waals surface area contributed by atoms with Crippen LogP contribution < -0.4 is 10.6 Å². The van der Waals surface area contributed by atoms with E-state index in [4.69, 9.17) is 4.74 Å². The van der Waals surface area contributed by atoms with Gasteiger partial charge in [-0.1, -0.05) is 44.2 Å². The molecule has 120 valence electrons. The number of benzene rings is 1. The molecule has 0 aliphatic carbocycles. The second kappa shape index (κ2) is 9.55. The van der Waals surface area contributed by atoms with Gasteiger partial charge in [-0.2, -0.15) is 0 Å². The minimum atomic E-state index is -0.648. The van der Waals surface area contributed by atoms with Gasteiger partial charge in [0.25, 0.3) is 5.91 Å². The number of esters is 1. The van der Waals surface area contributed by atoms with E-state index in [2.05, 4.69) is 10.6 Å². The third kappa shape index (κ3) is 5.95. The quantitative estimate of drug-likeness (QED) is 0.754. The monoisotopic (exact) mass is 306 g/mol. The lowest BCUT2D eigenvalue weighted by Crippen LogP contribution is -2.41. The van der Waals surface area contributed by atoms with Crippen LogP contribution in [0.2, 0.25) is 0 Å². The highest BCUT2D eigenvalue weighted by molar-refractivity contribution is 5.95. The number of ether oxygens (including phenoxy) is 1. The molecule has 2 N–H and O–H groups in total. The minimum Gasteiger partial charge on any atom is -0.455 e. The van der Waals surface area contributed by atoms with Gasteiger partial charge >= 0.3 is 12.0 Å². The molecule has 0 radical (unpaired) electrons. The Morgan fingerprint density at radius 3 is 2.41 bits per heavy atom. The molecule has 1 aromatic rings. The Morgan fingerprint density at radius 1 is 1.14 bits per heavy atom. The molecule has 1 aromatic carbocycles. The summed E-state index contributed by atoms with van der Waals surface area (Å²) in [5.74, 6) is -1.54. The summed E-state index contributed by atoms with van der Waals surface area (Å²) in [5, 5.41) is 4.60. The number of nitrogens with one attached hydrogen (secondary N) is 2. The van der Waals surface area contributed by atoms with Crippen molar-refractivity contribution in [3.8, 4) is 0 Å². The fourth-order valence-corrected chi connectivity index (χ4v) is 1.91. The number of imide groups is 1. The van der Waals surface area contributed by atoms with Crippen molar-refractivity contribution in [3.05, 3.63) is 35.9 Å². The van der Waals surface area contributed by atoms with E-state index in [0.717, 1.165) is 12.0 Å². The molecule has 0 spiro atoms. The summed E-state index contributed by atoms with van der Waals surface area (Å²) in [5.41, 5.74) is 0.844. The molecule has 0 aromatic heterocycles. The zero-order valence-electron chi connectivity index (χ0n) is 12.9. The van der Waals surface area contributed by atoms with Crippen molar-refractivity contribution in [1.82, 2.24) is 10.6 Å². The molecular formula is C16H22N2O4. The number of carbonyl (C=O) groups is 3. The summed E-state index contributed by atoms with van der Waals surface area (Å²) in [6.07, 6.45) is 1.34. The van der Waals surface area contributed by atoms with Gasteiger partial charge in [0.1, 0.15) is 0 Å². The molecule has 6 heteroatoms. The van der Waals surface area contributed by atoms with Crippen molar-refractivity contribution < 1.29 is 19.1 Å². The fraction of sp³-hybridized carbons (Fsp3) is 0.438. The largest absolute Gasteiger partial charge is 0.455 e. The molecule has 0 fully saturated rings. The van der Waals surface area contributed by atoms with Gasteiger partial charge in [-0.25, -0.2) is 4.79 Å². The highest BCUT2D eigenvalue weighted by atomic mass is 16.5. The fourth-order valence-electron chi connectivity index (χ4n) is 1.91. The average Bonchev–Trinajstić information content (AvgIpc) is 2.52. The van der Waals surface area contributed by atoms with Crippen molar-refractivity contribution in [1.29, 1.82) is 0 Å². The third-order valence-electron chi connectivity index (χ3n) is 3.03. The highest BCUT2D eigenvalue weighted by Crippen LogP contribution is 2.20. The predicted molar refractivity (Wildman–Crippen MR) is 82.3 cm³/mol. The topological polar surface area (TPSA) is 84.5 Å². The predicted octanol–water partition coefficient (Wildman–Crippen LogP) is 1.96. The molecule has 0 bridgehead atoms. The van der Waals surface area contributed by atoms with E-state index in [-0.39, 0.29) is 0 Å². The Kier molecular flexibility index (Phi) is 7.67. The number of urea groups is 1. The standard InChI is InChI=1S/C16H22N2O4/c1-3-10-17-16(21)18-14(19)11-22-15(20)13(4-2)12-8-6-5-7-9-12/h5-9,13H,3-4,10-11H2,1-2H3,(H2,17,18,19,21)/t13-/m0/s1. The van der Waals surface area contributed by atoms with Gasteiger partial charge in [-0.3, -0.25) is 14.9 Å². The van der Waals surface area contributed by atoms with Crippen molar-refractivity contribution >= 4 is 17.9 Å². The Morgan fingerprint density at radius 2 is 1.82 bits per heavy atom. The van der Waals surface area contributed by atoms with Crippen molar-refractivity contribution in [2.45, 2.75) is 32.6 Å². The molecule has 6 nitrogen and oxygen atoms in total. The first kappa shape index (κ1) is 17.7. The smallest absolute Gasteiger partial charge is 0.321 e. The van der Waals surface area contributed by atoms with Gasteiger partial charge in [-0.05, 0) is 18.4 Å². The van der Waals surface area contributed by atoms with Crippen LogP contribution in [0.15, 0.2) is 30.3 Å². The van der Waals surface area contributed by atoms with Gasteiger partial charge < -0.3 is 10.1 Å². The van der Waals surface area contributed by atoms with Crippen molar-refractivity contribution in [2.24, 2.45) is 0 Å². The lowest BCUT2D eigenvalue weighted by atomic mass is 9.97. The van der Waals surface area contributed by atoms with Gasteiger partial charge in [-0.15, -0.1) is 0 Å². The molecule has 22 heavy (non-hydrogen) atoms. The Hall–Kier alpha value is -2.37. The lowest BCUT2D eigenvalue weighted by molar-refractivity contribution is -0.149. The van der Waals surface area contributed by atoms with Crippen LogP contribution in [0.1, 0.15) is 38.2 Å². The Labute approximate surface area is 130 Å². The zero-order valence-corrected chi connectivity index (χ0v) is 12.9. The Bertz CT molecular complexity index is 502. The maximum atomic E-state index is 12.0. The van der Waals surface area contributed by atoms with E-state index in [1.807, 2.05) is 44.2 Å². The minimum absolute atomic E-state index is 0.414. The molecule has 0 unspecified atom stereocenters. The summed E-state index contributed by atoms with van der Waals surface area (Å²) >= 11 is 0. The Balaban J connectivity index is 2.44. The van der Waals surface area contributed by atoms with Crippen molar-refractivity contribution in [3.63, 3.8) is 0 Å². The van der Waals surface area contributed by atoms with Crippen LogP contribution in [0.5, 0.6) is 0 Å². The van der Waals surface area contributed by atoms with Gasteiger partial charge in [0, 0.05) is 6.54 Å². The van der Waals surface area contributed by atoms with E-state index in [1.165, 1.54) is 0 Å². The van der Waals surface area contributed by atoms with Gasteiger partial charge in [0.15, 0.2) is 6.61 Å². The first-order chi connectivity index (χ1) is 10.6. The number of hydrogen-bond acceptors (Lipinski definition) is 4. The highest BCUT2D eigenvalue weighted by Gasteiger charge is 2.21. The molecule has 1 atom stereocenters. The summed E-state index contributed by atoms with van der Waals surface area (Å²) < 4.78 is 4.99. The summed E-state index contributed by atoms with van der Waals surface area (Å²) in [6.45, 7) is 3.78. The summed E-state index contributed by atoms with van der Waals surface area (Å²) in [6, 6.07) is 8.65. The number of carbonyl (C=O) groups excluding carboxylic acids is 3. The van der Waals surface area contributed by atoms with Crippen LogP contribution in [0.3, 0.4) is 0 Å². The van der Waals surface area contributed by atoms with Gasteiger partial charge in [0.2, 0.25) is 0 Å². The maximum absolute atomic E-state index is 12.0. The van der Waals surface area contributed by atoms with Crippen LogP contribution in [-0.2, 0) is 14.3 Å². The second-order valence-corrected chi connectivity index (χ2v) is 4.78. The molecule has 0 saturated heterocycles. The molecule has 0 aliphatic heterocycles. The molecule has 0 saturated carbocycles. The average molecular weight is 306 g/mol. The number of rotatable bonds is 7. The van der Waals surface area contributed by atoms with E-state index < -0.39 is 30.4 Å². The van der Waals surface area contributed by atoms with E-state index in [1.54, 1.807) is 0 Å². The second-order valence-electron chi connectivity index (χ2n) is 4.78. The first-order valence-corrected chi connectivity index (χ1v) is 7.37. The first-order valence-electron chi connectivity index (χ1n) is 7.37. The van der Waals surface area contributed by atoms with Crippen LogP contribution in [0, 0.1) is 0 Å². The summed E-state index contributed by atoms with van der Waals surface area (Å²) in [7, 11) is 0. The summed E-state index contributed by atoms with van der Waals surface area (Å²) in [4.78, 5) is 34.8. The van der Waals surface area contributed by atoms with Crippen LogP contribution in [-0.4, -0.2) is 31.1 Å². The van der Waals surface area contributed by atoms with Crippen LogP contribution >= 0.6 is 0 Å². The molecule has 1 rings (SSSR count). The normalized spacial score (nSPS) is 11.4. The van der Waals surface area contributed by atoms with E-state index in [0.29, 0.717) is 13.0 Å². The molecule has 0 heterocycles. The van der Waals surface area contributed by atoms with Gasteiger partial charge in [0.05, 0.1) is 5.92 Å². The van der Waals surface area contributed by atoms with E-state index in [9.17, 15) is 14.4 Å². The molecule has 3 amide bonds. The zero-order chi connectivity index (χ0) is 16.4. The SMILES string of the molecule is CCCNC(=O)NC(=O)COC(=O)[C@@H](CC)c1ccccc1. The van der Waals surface area contributed by atoms with E-state index >= 15 is 0 Å². The lowest BCUT2D eigenvalue weighted by Gasteiger charge is -2.14. The van der Waals surface area contributed by atoms with Crippen LogP contribution in [0.4, 0.5) is 4.79 Å². The molecule has 0 aliphatic rings. The van der Waals surface area contributed by atoms with Crippen molar-refractivity contribution in [2.75, 3.05) is 13.2 Å². The maximum Gasteiger partial charge on any atom is 0.321 e. The number of amides is 3.